The maximum absolute atomic E-state index is 12.4. The highest BCUT2D eigenvalue weighted by Gasteiger charge is 2.29. The molecular formula is C17H25NO2. The zero-order chi connectivity index (χ0) is 15.3. The molecular weight excluding hydrogens is 250 g/mol. The summed E-state index contributed by atoms with van der Waals surface area (Å²) in [6.45, 7) is 10.1. The molecule has 0 saturated heterocycles. The van der Waals surface area contributed by atoms with Crippen LogP contribution in [0.4, 0.5) is 0 Å². The Morgan fingerprint density at radius 3 is 2.10 bits per heavy atom. The summed E-state index contributed by atoms with van der Waals surface area (Å²) in [7, 11) is 0. The summed E-state index contributed by atoms with van der Waals surface area (Å²) >= 11 is 0. The fraction of sp³-hybridized carbons (Fsp3) is 0.529. The molecule has 1 rings (SSSR count). The minimum atomic E-state index is -0.355. The molecule has 0 aliphatic heterocycles. The number of nitrogens with one attached hydrogen (secondary N) is 1. The molecule has 1 N–H and O–H groups in total. The van der Waals surface area contributed by atoms with Crippen LogP contribution in [0.3, 0.4) is 0 Å². The first-order chi connectivity index (χ1) is 9.25. The first kappa shape index (κ1) is 16.6. The van der Waals surface area contributed by atoms with Crippen LogP contribution in [0.1, 0.15) is 50.5 Å². The van der Waals surface area contributed by atoms with Crippen molar-refractivity contribution >= 4 is 11.6 Å². The van der Waals surface area contributed by atoms with Crippen molar-refractivity contribution in [3.63, 3.8) is 0 Å². The van der Waals surface area contributed by atoms with Gasteiger partial charge in [-0.3, -0.25) is 9.59 Å². The quantitative estimate of drug-likeness (QED) is 0.812. The highest BCUT2D eigenvalue weighted by atomic mass is 16.1. The SMILES string of the molecule is CCNC(Cc1ccc(C(C)=O)cc1)C(=O)C(C)(C)C. The summed E-state index contributed by atoms with van der Waals surface area (Å²) < 4.78 is 0. The molecule has 0 fully saturated rings. The van der Waals surface area contributed by atoms with Crippen LogP contribution in [0.15, 0.2) is 24.3 Å². The number of hydrogen-bond donors (Lipinski definition) is 1. The number of ketones is 2. The average Bonchev–Trinajstić information content (AvgIpc) is 2.37. The Bertz CT molecular complexity index is 469. The van der Waals surface area contributed by atoms with E-state index in [-0.39, 0.29) is 23.0 Å². The summed E-state index contributed by atoms with van der Waals surface area (Å²) in [5.41, 5.74) is 1.42. The van der Waals surface area contributed by atoms with Crippen LogP contribution >= 0.6 is 0 Å². The second-order valence-electron chi connectivity index (χ2n) is 6.18. The monoisotopic (exact) mass is 275 g/mol. The minimum Gasteiger partial charge on any atom is -0.307 e. The van der Waals surface area contributed by atoms with Gasteiger partial charge in [-0.1, -0.05) is 52.0 Å². The number of hydrogen-bond acceptors (Lipinski definition) is 3. The van der Waals surface area contributed by atoms with Gasteiger partial charge in [0.15, 0.2) is 11.6 Å². The van der Waals surface area contributed by atoms with E-state index in [1.165, 1.54) is 0 Å². The zero-order valence-corrected chi connectivity index (χ0v) is 13.1. The molecule has 1 aromatic rings. The number of likely N-dealkylation sites (N-methyl/N-ethyl adjacent to an activating group) is 1. The standard InChI is InChI=1S/C17H25NO2/c1-6-18-15(16(20)17(3,4)5)11-13-7-9-14(10-8-13)12(2)19/h7-10,15,18H,6,11H2,1-5H3. The number of benzene rings is 1. The molecule has 1 unspecified atom stereocenters. The molecule has 1 atom stereocenters. The third kappa shape index (κ3) is 4.57. The molecule has 0 aromatic heterocycles. The topological polar surface area (TPSA) is 46.2 Å². The molecule has 0 saturated carbocycles. The Balaban J connectivity index is 2.85. The third-order valence-corrected chi connectivity index (χ3v) is 3.31. The first-order valence-corrected chi connectivity index (χ1v) is 7.13. The van der Waals surface area contributed by atoms with E-state index in [9.17, 15) is 9.59 Å². The van der Waals surface area contributed by atoms with Crippen molar-refractivity contribution in [3.05, 3.63) is 35.4 Å². The molecule has 0 radical (unpaired) electrons. The predicted octanol–water partition coefficient (Wildman–Crippen LogP) is 3.03. The maximum Gasteiger partial charge on any atom is 0.159 e. The maximum atomic E-state index is 12.4. The molecule has 0 spiro atoms. The van der Waals surface area contributed by atoms with Crippen molar-refractivity contribution in [2.24, 2.45) is 5.41 Å². The lowest BCUT2D eigenvalue weighted by Crippen LogP contribution is -2.44. The van der Waals surface area contributed by atoms with E-state index in [2.05, 4.69) is 5.32 Å². The van der Waals surface area contributed by atoms with E-state index in [1.807, 2.05) is 52.0 Å². The minimum absolute atomic E-state index is 0.0607. The van der Waals surface area contributed by atoms with Gasteiger partial charge in [-0.25, -0.2) is 0 Å². The number of rotatable bonds is 6. The van der Waals surface area contributed by atoms with Crippen LogP contribution in [0.2, 0.25) is 0 Å². The van der Waals surface area contributed by atoms with E-state index in [0.29, 0.717) is 12.0 Å². The molecule has 20 heavy (non-hydrogen) atoms. The Kier molecular flexibility index (Phi) is 5.63. The highest BCUT2D eigenvalue weighted by molar-refractivity contribution is 5.94. The van der Waals surface area contributed by atoms with Crippen LogP contribution < -0.4 is 5.32 Å². The van der Waals surface area contributed by atoms with Gasteiger partial charge in [-0.05, 0) is 25.5 Å². The zero-order valence-electron chi connectivity index (χ0n) is 13.1. The molecule has 0 amide bonds. The summed E-state index contributed by atoms with van der Waals surface area (Å²) in [6, 6.07) is 7.32. The second kappa shape index (κ2) is 6.80. The lowest BCUT2D eigenvalue weighted by Gasteiger charge is -2.25. The first-order valence-electron chi connectivity index (χ1n) is 7.13. The van der Waals surface area contributed by atoms with E-state index in [0.717, 1.165) is 12.1 Å². The van der Waals surface area contributed by atoms with Crippen LogP contribution in [-0.4, -0.2) is 24.2 Å². The number of carbonyl (C=O) groups is 2. The van der Waals surface area contributed by atoms with Gasteiger partial charge in [0, 0.05) is 11.0 Å². The normalized spacial score (nSPS) is 13.1. The van der Waals surface area contributed by atoms with Gasteiger partial charge in [0.25, 0.3) is 0 Å². The molecule has 3 heteroatoms. The second-order valence-corrected chi connectivity index (χ2v) is 6.18. The smallest absolute Gasteiger partial charge is 0.159 e. The van der Waals surface area contributed by atoms with Gasteiger partial charge in [0.05, 0.1) is 6.04 Å². The summed E-state index contributed by atoms with van der Waals surface area (Å²) in [5, 5.41) is 3.26. The van der Waals surface area contributed by atoms with Gasteiger partial charge < -0.3 is 5.32 Å². The summed E-state index contributed by atoms with van der Waals surface area (Å²) in [5.74, 6) is 0.278. The van der Waals surface area contributed by atoms with Crippen molar-refractivity contribution in [2.75, 3.05) is 6.54 Å². The molecule has 110 valence electrons. The Hall–Kier alpha value is -1.48. The summed E-state index contributed by atoms with van der Waals surface area (Å²) in [6.07, 6.45) is 0.655. The van der Waals surface area contributed by atoms with Gasteiger partial charge in [-0.15, -0.1) is 0 Å². The van der Waals surface area contributed by atoms with Crippen molar-refractivity contribution in [1.82, 2.24) is 5.32 Å². The van der Waals surface area contributed by atoms with Crippen LogP contribution in [0.25, 0.3) is 0 Å². The van der Waals surface area contributed by atoms with Crippen LogP contribution in [-0.2, 0) is 11.2 Å². The van der Waals surface area contributed by atoms with Crippen LogP contribution in [0, 0.1) is 5.41 Å². The van der Waals surface area contributed by atoms with Crippen LogP contribution in [0.5, 0.6) is 0 Å². The van der Waals surface area contributed by atoms with Crippen molar-refractivity contribution in [1.29, 1.82) is 0 Å². The lowest BCUT2D eigenvalue weighted by atomic mass is 9.84. The lowest BCUT2D eigenvalue weighted by molar-refractivity contribution is -0.128. The molecule has 3 nitrogen and oxygen atoms in total. The van der Waals surface area contributed by atoms with E-state index in [4.69, 9.17) is 0 Å². The van der Waals surface area contributed by atoms with Crippen molar-refractivity contribution in [2.45, 2.75) is 47.1 Å². The largest absolute Gasteiger partial charge is 0.307 e. The van der Waals surface area contributed by atoms with Gasteiger partial charge in [0.1, 0.15) is 0 Å². The predicted molar refractivity (Wildman–Crippen MR) is 82.1 cm³/mol. The molecule has 0 aliphatic rings. The number of carbonyl (C=O) groups excluding carboxylic acids is 2. The third-order valence-electron chi connectivity index (χ3n) is 3.31. The van der Waals surface area contributed by atoms with E-state index in [1.54, 1.807) is 6.92 Å². The van der Waals surface area contributed by atoms with Crippen molar-refractivity contribution < 1.29 is 9.59 Å². The molecule has 1 aromatic carbocycles. The Morgan fingerprint density at radius 2 is 1.70 bits per heavy atom. The van der Waals surface area contributed by atoms with Crippen molar-refractivity contribution in [3.8, 4) is 0 Å². The average molecular weight is 275 g/mol. The van der Waals surface area contributed by atoms with Gasteiger partial charge in [0.2, 0.25) is 0 Å². The highest BCUT2D eigenvalue weighted by Crippen LogP contribution is 2.19. The Labute approximate surface area is 121 Å². The number of Topliss-reactive ketones (excluding diaryl/α,β-unsaturated/α-hetero) is 2. The molecule has 0 aliphatic carbocycles. The fourth-order valence-corrected chi connectivity index (χ4v) is 2.14. The van der Waals surface area contributed by atoms with E-state index < -0.39 is 0 Å². The summed E-state index contributed by atoms with van der Waals surface area (Å²) in [4.78, 5) is 23.7. The van der Waals surface area contributed by atoms with E-state index >= 15 is 0 Å². The van der Waals surface area contributed by atoms with Gasteiger partial charge in [-0.2, -0.15) is 0 Å². The molecule has 0 heterocycles. The van der Waals surface area contributed by atoms with Gasteiger partial charge >= 0.3 is 0 Å². The Morgan fingerprint density at radius 1 is 1.15 bits per heavy atom. The fourth-order valence-electron chi connectivity index (χ4n) is 2.14. The molecule has 0 bridgehead atoms.